The van der Waals surface area contributed by atoms with Crippen LogP contribution >= 0.6 is 0 Å². The van der Waals surface area contributed by atoms with Crippen LogP contribution in [0.1, 0.15) is 24.5 Å². The molecule has 0 bridgehead atoms. The molecule has 1 fully saturated rings. The summed E-state index contributed by atoms with van der Waals surface area (Å²) in [4.78, 5) is 11.9. The molecule has 0 spiro atoms. The molecule has 2 N–H and O–H groups in total. The Labute approximate surface area is 103 Å². The van der Waals surface area contributed by atoms with E-state index in [1.54, 1.807) is 0 Å². The van der Waals surface area contributed by atoms with Crippen LogP contribution in [0.2, 0.25) is 0 Å². The van der Waals surface area contributed by atoms with Crippen molar-refractivity contribution in [3.63, 3.8) is 0 Å². The number of rotatable bonds is 4. The average Bonchev–Trinajstić information content (AvgIpc) is 2.26. The van der Waals surface area contributed by atoms with E-state index < -0.39 is 0 Å². The summed E-state index contributed by atoms with van der Waals surface area (Å²) in [6.07, 6.45) is 1.58. The van der Waals surface area contributed by atoms with Gasteiger partial charge in [0.15, 0.2) is 0 Å². The summed E-state index contributed by atoms with van der Waals surface area (Å²) in [5.74, 6) is 0.657. The predicted octanol–water partition coefficient (Wildman–Crippen LogP) is 2.11. The van der Waals surface area contributed by atoms with E-state index in [2.05, 4.69) is 23.6 Å². The van der Waals surface area contributed by atoms with Gasteiger partial charge >= 0.3 is 0 Å². The lowest BCUT2D eigenvalue weighted by Crippen LogP contribution is -2.43. The summed E-state index contributed by atoms with van der Waals surface area (Å²) in [6, 6.07) is 6.16. The van der Waals surface area contributed by atoms with Gasteiger partial charge in [0.05, 0.1) is 0 Å². The van der Waals surface area contributed by atoms with Crippen LogP contribution in [-0.4, -0.2) is 19.0 Å². The van der Waals surface area contributed by atoms with E-state index in [1.807, 2.05) is 19.1 Å². The minimum Gasteiger partial charge on any atom is -0.326 e. The van der Waals surface area contributed by atoms with Crippen molar-refractivity contribution in [2.24, 2.45) is 5.92 Å². The predicted molar refractivity (Wildman–Crippen MR) is 70.2 cm³/mol. The molecule has 3 nitrogen and oxygen atoms in total. The summed E-state index contributed by atoms with van der Waals surface area (Å²) >= 11 is 0. The van der Waals surface area contributed by atoms with Crippen LogP contribution in [0, 0.1) is 12.8 Å². The first kappa shape index (κ1) is 12.1. The molecule has 0 unspecified atom stereocenters. The van der Waals surface area contributed by atoms with Gasteiger partial charge in [0.25, 0.3) is 0 Å². The largest absolute Gasteiger partial charge is 0.326 e. The maximum atomic E-state index is 11.9. The third-order valence-electron chi connectivity index (χ3n) is 3.34. The number of carbonyl (C=O) groups is 1. The maximum Gasteiger partial charge on any atom is 0.224 e. The zero-order chi connectivity index (χ0) is 12.3. The molecular weight excluding hydrogens is 212 g/mol. The van der Waals surface area contributed by atoms with Gasteiger partial charge in [-0.1, -0.05) is 25.1 Å². The van der Waals surface area contributed by atoms with Crippen molar-refractivity contribution in [2.75, 3.05) is 18.4 Å². The zero-order valence-corrected chi connectivity index (χ0v) is 10.5. The number of nitrogens with one attached hydrogen (secondary N) is 2. The number of aryl methyl sites for hydroxylation is 2. The van der Waals surface area contributed by atoms with Crippen molar-refractivity contribution in [2.45, 2.75) is 26.7 Å². The van der Waals surface area contributed by atoms with Gasteiger partial charge in [-0.3, -0.25) is 4.79 Å². The summed E-state index contributed by atoms with van der Waals surface area (Å²) < 4.78 is 0. The second-order valence-corrected chi connectivity index (χ2v) is 4.74. The van der Waals surface area contributed by atoms with E-state index >= 15 is 0 Å². The third kappa shape index (κ3) is 2.86. The van der Waals surface area contributed by atoms with Gasteiger partial charge in [0, 0.05) is 12.1 Å². The minimum absolute atomic E-state index is 0.139. The van der Waals surface area contributed by atoms with E-state index in [4.69, 9.17) is 0 Å². The summed E-state index contributed by atoms with van der Waals surface area (Å²) in [5.41, 5.74) is 3.36. The Hall–Kier alpha value is -1.35. The van der Waals surface area contributed by atoms with Gasteiger partial charge in [-0.25, -0.2) is 0 Å². The van der Waals surface area contributed by atoms with Crippen molar-refractivity contribution < 1.29 is 4.79 Å². The Kier molecular flexibility index (Phi) is 3.79. The molecule has 0 aromatic heterocycles. The van der Waals surface area contributed by atoms with E-state index in [9.17, 15) is 4.79 Å². The van der Waals surface area contributed by atoms with Gasteiger partial charge in [-0.05, 0) is 43.5 Å². The van der Waals surface area contributed by atoms with E-state index in [0.29, 0.717) is 12.3 Å². The number of para-hydroxylation sites is 1. The van der Waals surface area contributed by atoms with Crippen molar-refractivity contribution in [3.05, 3.63) is 29.3 Å². The van der Waals surface area contributed by atoms with Gasteiger partial charge < -0.3 is 10.6 Å². The van der Waals surface area contributed by atoms with Crippen LogP contribution in [0.3, 0.4) is 0 Å². The molecule has 1 heterocycles. The zero-order valence-electron chi connectivity index (χ0n) is 10.5. The quantitative estimate of drug-likeness (QED) is 0.834. The second-order valence-electron chi connectivity index (χ2n) is 4.74. The Bertz CT molecular complexity index is 411. The lowest BCUT2D eigenvalue weighted by atomic mass is 9.98. The summed E-state index contributed by atoms with van der Waals surface area (Å²) in [6.45, 7) is 6.10. The topological polar surface area (TPSA) is 41.1 Å². The molecule has 2 rings (SSSR count). The molecule has 1 aliphatic rings. The molecule has 1 aliphatic heterocycles. The number of carbonyl (C=O) groups excluding carboxylic acids is 1. The van der Waals surface area contributed by atoms with Gasteiger partial charge in [-0.15, -0.1) is 0 Å². The maximum absolute atomic E-state index is 11.9. The summed E-state index contributed by atoms with van der Waals surface area (Å²) in [7, 11) is 0. The normalized spacial score (nSPS) is 15.4. The first-order valence-electron chi connectivity index (χ1n) is 6.29. The Morgan fingerprint density at radius 2 is 2.24 bits per heavy atom. The van der Waals surface area contributed by atoms with Crippen LogP contribution in [0.15, 0.2) is 18.2 Å². The molecule has 0 saturated carbocycles. The number of anilines is 1. The van der Waals surface area contributed by atoms with Crippen LogP contribution in [0.5, 0.6) is 0 Å². The fourth-order valence-corrected chi connectivity index (χ4v) is 2.15. The van der Waals surface area contributed by atoms with Crippen LogP contribution in [-0.2, 0) is 11.2 Å². The minimum atomic E-state index is 0.139. The number of hydrogen-bond donors (Lipinski definition) is 2. The van der Waals surface area contributed by atoms with E-state index in [-0.39, 0.29) is 5.91 Å². The van der Waals surface area contributed by atoms with Crippen molar-refractivity contribution in [3.8, 4) is 0 Å². The molecule has 0 radical (unpaired) electrons. The molecule has 0 aliphatic carbocycles. The first-order valence-corrected chi connectivity index (χ1v) is 6.29. The molecule has 1 aromatic rings. The molecule has 0 atom stereocenters. The fraction of sp³-hybridized carbons (Fsp3) is 0.500. The van der Waals surface area contributed by atoms with Crippen LogP contribution in [0.4, 0.5) is 5.69 Å². The molecule has 3 heteroatoms. The van der Waals surface area contributed by atoms with Gasteiger partial charge in [0.2, 0.25) is 5.91 Å². The van der Waals surface area contributed by atoms with E-state index in [0.717, 1.165) is 30.8 Å². The summed E-state index contributed by atoms with van der Waals surface area (Å²) in [5, 5.41) is 6.25. The Balaban J connectivity index is 2.03. The highest BCUT2D eigenvalue weighted by Crippen LogP contribution is 2.22. The van der Waals surface area contributed by atoms with E-state index in [1.165, 1.54) is 5.56 Å². The lowest BCUT2D eigenvalue weighted by Gasteiger charge is -2.26. The van der Waals surface area contributed by atoms with Crippen LogP contribution < -0.4 is 10.6 Å². The SMILES string of the molecule is CCc1cccc(C)c1NC(=O)CC1CNC1. The smallest absolute Gasteiger partial charge is 0.224 e. The Morgan fingerprint density at radius 1 is 1.47 bits per heavy atom. The second kappa shape index (κ2) is 5.32. The highest BCUT2D eigenvalue weighted by atomic mass is 16.1. The highest BCUT2D eigenvalue weighted by Gasteiger charge is 2.20. The standard InChI is InChI=1S/C14H20N2O/c1-3-12-6-4-5-10(2)14(12)16-13(17)7-11-8-15-9-11/h4-6,11,15H,3,7-9H2,1-2H3,(H,16,17). The molecule has 17 heavy (non-hydrogen) atoms. The van der Waals surface area contributed by atoms with Gasteiger partial charge in [-0.2, -0.15) is 0 Å². The van der Waals surface area contributed by atoms with Gasteiger partial charge in [0.1, 0.15) is 0 Å². The van der Waals surface area contributed by atoms with Crippen molar-refractivity contribution >= 4 is 11.6 Å². The molecular formula is C14H20N2O. The molecule has 92 valence electrons. The first-order chi connectivity index (χ1) is 8.20. The number of benzene rings is 1. The molecule has 1 amide bonds. The average molecular weight is 232 g/mol. The fourth-order valence-electron chi connectivity index (χ4n) is 2.15. The van der Waals surface area contributed by atoms with Crippen molar-refractivity contribution in [1.29, 1.82) is 0 Å². The van der Waals surface area contributed by atoms with Crippen molar-refractivity contribution in [1.82, 2.24) is 5.32 Å². The number of hydrogen-bond acceptors (Lipinski definition) is 2. The third-order valence-corrected chi connectivity index (χ3v) is 3.34. The highest BCUT2D eigenvalue weighted by molar-refractivity contribution is 5.92. The van der Waals surface area contributed by atoms with Crippen LogP contribution in [0.25, 0.3) is 0 Å². The number of amides is 1. The Morgan fingerprint density at radius 3 is 2.82 bits per heavy atom. The molecule has 1 saturated heterocycles. The lowest BCUT2D eigenvalue weighted by molar-refractivity contribution is -0.117. The monoisotopic (exact) mass is 232 g/mol. The molecule has 1 aromatic carbocycles.